The van der Waals surface area contributed by atoms with Crippen molar-refractivity contribution in [3.8, 4) is 0 Å². The van der Waals surface area contributed by atoms with Gasteiger partial charge in [-0.3, -0.25) is 0 Å². The summed E-state index contributed by atoms with van der Waals surface area (Å²) >= 11 is 4.48. The zero-order valence-corrected chi connectivity index (χ0v) is 14.4. The van der Waals surface area contributed by atoms with E-state index in [0.29, 0.717) is 4.21 Å². The lowest BCUT2D eigenvalue weighted by Crippen LogP contribution is -2.22. The predicted octanol–water partition coefficient (Wildman–Crippen LogP) is 3.48. The third-order valence-corrected chi connectivity index (χ3v) is 6.76. The molecule has 3 rings (SSSR count). The molecule has 1 N–H and O–H groups in total. The Balaban J connectivity index is 1.87. The maximum atomic E-state index is 12.2. The minimum Gasteiger partial charge on any atom is -0.350 e. The van der Waals surface area contributed by atoms with Crippen LogP contribution < -0.4 is 4.72 Å². The van der Waals surface area contributed by atoms with Gasteiger partial charge in [0.25, 0.3) is 0 Å². The molecule has 0 unspecified atom stereocenters. The van der Waals surface area contributed by atoms with E-state index in [2.05, 4.69) is 20.7 Å². The fraction of sp³-hybridized carbons (Fsp3) is 0.143. The van der Waals surface area contributed by atoms with Crippen LogP contribution >= 0.6 is 27.3 Å². The Kier molecular flexibility index (Phi) is 3.92. The molecule has 0 atom stereocenters. The van der Waals surface area contributed by atoms with E-state index < -0.39 is 10.0 Å². The number of benzene rings is 1. The number of sulfonamides is 1. The summed E-state index contributed by atoms with van der Waals surface area (Å²) in [6.45, 7) is 0.277. The summed E-state index contributed by atoms with van der Waals surface area (Å²) < 4.78 is 30.2. The summed E-state index contributed by atoms with van der Waals surface area (Å²) in [5, 5.41) is 1.06. The molecule has 0 aliphatic heterocycles. The lowest BCUT2D eigenvalue weighted by Gasteiger charge is -2.03. The molecule has 0 radical (unpaired) electrons. The smallest absolute Gasteiger partial charge is 0.250 e. The second-order valence-electron chi connectivity index (χ2n) is 4.67. The van der Waals surface area contributed by atoms with E-state index in [1.807, 2.05) is 42.1 Å². The second kappa shape index (κ2) is 5.57. The first-order chi connectivity index (χ1) is 9.97. The number of hydrogen-bond donors (Lipinski definition) is 1. The van der Waals surface area contributed by atoms with Gasteiger partial charge in [0.2, 0.25) is 10.0 Å². The molecular formula is C14H13BrN2O2S2. The Hall–Kier alpha value is -1.15. The molecule has 0 fully saturated rings. The molecule has 3 aromatic rings. The molecular weight excluding hydrogens is 372 g/mol. The van der Waals surface area contributed by atoms with Crippen LogP contribution in [0.3, 0.4) is 0 Å². The number of nitrogens with one attached hydrogen (secondary N) is 1. The number of hydrogen-bond acceptors (Lipinski definition) is 3. The fourth-order valence-corrected chi connectivity index (χ4v) is 5.31. The van der Waals surface area contributed by atoms with Crippen molar-refractivity contribution in [1.29, 1.82) is 0 Å². The monoisotopic (exact) mass is 384 g/mol. The van der Waals surface area contributed by atoms with Gasteiger partial charge in [0, 0.05) is 30.7 Å². The van der Waals surface area contributed by atoms with Gasteiger partial charge in [-0.2, -0.15) is 0 Å². The SMILES string of the molecule is Cn1cc(CNS(=O)(=O)c2ccc(Br)s2)c2ccccc21. The van der Waals surface area contributed by atoms with Gasteiger partial charge in [-0.25, -0.2) is 13.1 Å². The van der Waals surface area contributed by atoms with Crippen LogP contribution in [0.15, 0.2) is 50.6 Å². The van der Waals surface area contributed by atoms with Crippen LogP contribution in [0.5, 0.6) is 0 Å². The fourth-order valence-electron chi connectivity index (χ4n) is 2.25. The minimum absolute atomic E-state index is 0.277. The first kappa shape index (κ1) is 14.8. The Morgan fingerprint density at radius 2 is 2.00 bits per heavy atom. The normalized spacial score (nSPS) is 12.1. The van der Waals surface area contributed by atoms with E-state index in [4.69, 9.17) is 0 Å². The number of aryl methyl sites for hydroxylation is 1. The van der Waals surface area contributed by atoms with Crippen molar-refractivity contribution in [2.75, 3.05) is 0 Å². The molecule has 0 amide bonds. The van der Waals surface area contributed by atoms with E-state index in [0.717, 1.165) is 20.3 Å². The molecule has 0 aliphatic carbocycles. The maximum absolute atomic E-state index is 12.2. The van der Waals surface area contributed by atoms with Gasteiger partial charge >= 0.3 is 0 Å². The minimum atomic E-state index is -3.47. The summed E-state index contributed by atoms with van der Waals surface area (Å²) in [6, 6.07) is 11.3. The number of thiophene rings is 1. The average molecular weight is 385 g/mol. The summed E-state index contributed by atoms with van der Waals surface area (Å²) in [5.41, 5.74) is 2.05. The quantitative estimate of drug-likeness (QED) is 0.748. The third kappa shape index (κ3) is 2.91. The highest BCUT2D eigenvalue weighted by Gasteiger charge is 2.17. The Bertz CT molecular complexity index is 897. The average Bonchev–Trinajstić information content (AvgIpc) is 3.02. The zero-order valence-electron chi connectivity index (χ0n) is 11.2. The van der Waals surface area contributed by atoms with Crippen molar-refractivity contribution in [3.05, 3.63) is 51.9 Å². The number of aromatic nitrogens is 1. The van der Waals surface area contributed by atoms with Crippen molar-refractivity contribution in [2.45, 2.75) is 10.8 Å². The molecule has 7 heteroatoms. The zero-order chi connectivity index (χ0) is 15.0. The number of halogens is 1. The van der Waals surface area contributed by atoms with Crippen molar-refractivity contribution < 1.29 is 8.42 Å². The molecule has 1 aromatic carbocycles. The van der Waals surface area contributed by atoms with Gasteiger partial charge < -0.3 is 4.57 Å². The number of fused-ring (bicyclic) bond motifs is 1. The Morgan fingerprint density at radius 3 is 2.71 bits per heavy atom. The van der Waals surface area contributed by atoms with Crippen LogP contribution in [0.2, 0.25) is 0 Å². The highest BCUT2D eigenvalue weighted by Crippen LogP contribution is 2.26. The van der Waals surface area contributed by atoms with Crippen LogP contribution in [0.4, 0.5) is 0 Å². The van der Waals surface area contributed by atoms with Gasteiger partial charge in [-0.05, 0) is 39.7 Å². The first-order valence-electron chi connectivity index (χ1n) is 6.25. The van der Waals surface area contributed by atoms with Gasteiger partial charge in [0.1, 0.15) is 4.21 Å². The summed E-state index contributed by atoms with van der Waals surface area (Å²) in [7, 11) is -1.51. The highest BCUT2D eigenvalue weighted by atomic mass is 79.9. The molecule has 2 heterocycles. The Labute approximate surface area is 135 Å². The van der Waals surface area contributed by atoms with Crippen LogP contribution in [0, 0.1) is 0 Å². The molecule has 0 saturated heterocycles. The largest absolute Gasteiger partial charge is 0.350 e. The summed E-state index contributed by atoms with van der Waals surface area (Å²) in [4.78, 5) is 0. The van der Waals surface area contributed by atoms with Crippen LogP contribution in [0.1, 0.15) is 5.56 Å². The molecule has 2 aromatic heterocycles. The molecule has 0 spiro atoms. The Morgan fingerprint density at radius 1 is 1.24 bits per heavy atom. The van der Waals surface area contributed by atoms with Crippen molar-refractivity contribution >= 4 is 48.2 Å². The van der Waals surface area contributed by atoms with Crippen LogP contribution in [-0.2, 0) is 23.6 Å². The van der Waals surface area contributed by atoms with Gasteiger partial charge in [0.05, 0.1) is 3.79 Å². The predicted molar refractivity (Wildman–Crippen MR) is 89.0 cm³/mol. The first-order valence-corrected chi connectivity index (χ1v) is 9.34. The lowest BCUT2D eigenvalue weighted by molar-refractivity contribution is 0.583. The van der Waals surface area contributed by atoms with E-state index >= 15 is 0 Å². The number of rotatable bonds is 4. The lowest BCUT2D eigenvalue weighted by atomic mass is 10.2. The molecule has 4 nitrogen and oxygen atoms in total. The van der Waals surface area contributed by atoms with Crippen molar-refractivity contribution in [1.82, 2.24) is 9.29 Å². The van der Waals surface area contributed by atoms with E-state index in [9.17, 15) is 8.42 Å². The molecule has 21 heavy (non-hydrogen) atoms. The van der Waals surface area contributed by atoms with Crippen molar-refractivity contribution in [2.24, 2.45) is 7.05 Å². The third-order valence-electron chi connectivity index (χ3n) is 3.25. The highest BCUT2D eigenvalue weighted by molar-refractivity contribution is 9.11. The van der Waals surface area contributed by atoms with E-state index in [1.54, 1.807) is 12.1 Å². The topological polar surface area (TPSA) is 51.1 Å². The van der Waals surface area contributed by atoms with Gasteiger partial charge in [0.15, 0.2) is 0 Å². The molecule has 110 valence electrons. The van der Waals surface area contributed by atoms with Crippen LogP contribution in [-0.4, -0.2) is 13.0 Å². The van der Waals surface area contributed by atoms with E-state index in [-0.39, 0.29) is 6.54 Å². The molecule has 0 aliphatic rings. The van der Waals surface area contributed by atoms with Gasteiger partial charge in [-0.1, -0.05) is 18.2 Å². The standard InChI is InChI=1S/C14H13BrN2O2S2/c1-17-9-10(11-4-2-3-5-12(11)17)8-16-21(18,19)14-7-6-13(15)20-14/h2-7,9,16H,8H2,1H3. The van der Waals surface area contributed by atoms with Crippen molar-refractivity contribution in [3.63, 3.8) is 0 Å². The number of nitrogens with zero attached hydrogens (tertiary/aromatic N) is 1. The summed E-state index contributed by atoms with van der Waals surface area (Å²) in [6.07, 6.45) is 1.96. The summed E-state index contributed by atoms with van der Waals surface area (Å²) in [5.74, 6) is 0. The van der Waals surface area contributed by atoms with E-state index in [1.165, 1.54) is 11.3 Å². The van der Waals surface area contributed by atoms with Crippen LogP contribution in [0.25, 0.3) is 10.9 Å². The molecule has 0 saturated carbocycles. The van der Waals surface area contributed by atoms with Gasteiger partial charge in [-0.15, -0.1) is 11.3 Å². The maximum Gasteiger partial charge on any atom is 0.250 e. The second-order valence-corrected chi connectivity index (χ2v) is 9.12. The molecule has 0 bridgehead atoms. The number of para-hydroxylation sites is 1.